The van der Waals surface area contributed by atoms with E-state index in [0.717, 1.165) is 6.54 Å². The van der Waals surface area contributed by atoms with Crippen LogP contribution in [0.3, 0.4) is 0 Å². The van der Waals surface area contributed by atoms with Crippen LogP contribution in [0.1, 0.15) is 36.5 Å². The second-order valence-electron chi connectivity index (χ2n) is 4.84. The fraction of sp³-hybridized carbons (Fsp3) is 0.571. The Hall–Kier alpha value is -0.820. The van der Waals surface area contributed by atoms with Crippen LogP contribution in [-0.2, 0) is 19.3 Å². The number of aryl methyl sites for hydroxylation is 3. The molecule has 0 bridgehead atoms. The summed E-state index contributed by atoms with van der Waals surface area (Å²) in [5.41, 5.74) is 10.3. The van der Waals surface area contributed by atoms with Crippen molar-refractivity contribution in [2.24, 2.45) is 11.7 Å². The summed E-state index contributed by atoms with van der Waals surface area (Å²) < 4.78 is 0. The largest absolute Gasteiger partial charge is 0.330 e. The average Bonchev–Trinajstić information content (AvgIpc) is 2.72. The number of hydrogen-bond acceptors (Lipinski definition) is 1. The zero-order valence-corrected chi connectivity index (χ0v) is 9.63. The van der Waals surface area contributed by atoms with Crippen LogP contribution in [0, 0.1) is 5.92 Å². The van der Waals surface area contributed by atoms with Crippen LogP contribution in [-0.4, -0.2) is 6.54 Å². The highest BCUT2D eigenvalue weighted by Crippen LogP contribution is 2.23. The average molecular weight is 203 g/mol. The molecule has 1 atom stereocenters. The SMILES string of the molecule is CC(CN)CCc1ccc2c(c1)CCC2. The quantitative estimate of drug-likeness (QED) is 0.800. The highest BCUT2D eigenvalue weighted by Gasteiger charge is 2.10. The maximum absolute atomic E-state index is 5.63. The second kappa shape index (κ2) is 4.80. The monoisotopic (exact) mass is 203 g/mol. The van der Waals surface area contributed by atoms with Crippen LogP contribution in [0.15, 0.2) is 18.2 Å². The first kappa shape index (κ1) is 10.7. The molecule has 0 heterocycles. The van der Waals surface area contributed by atoms with E-state index in [-0.39, 0.29) is 0 Å². The van der Waals surface area contributed by atoms with Gasteiger partial charge in [0.1, 0.15) is 0 Å². The van der Waals surface area contributed by atoms with Gasteiger partial charge >= 0.3 is 0 Å². The van der Waals surface area contributed by atoms with Crippen LogP contribution in [0.2, 0.25) is 0 Å². The van der Waals surface area contributed by atoms with Gasteiger partial charge in [-0.25, -0.2) is 0 Å². The fourth-order valence-electron chi connectivity index (χ4n) is 2.31. The summed E-state index contributed by atoms with van der Waals surface area (Å²) in [6.45, 7) is 3.04. The minimum Gasteiger partial charge on any atom is -0.330 e. The molecule has 0 aliphatic heterocycles. The fourth-order valence-corrected chi connectivity index (χ4v) is 2.31. The van der Waals surface area contributed by atoms with Crippen molar-refractivity contribution in [2.75, 3.05) is 6.54 Å². The van der Waals surface area contributed by atoms with Gasteiger partial charge in [-0.15, -0.1) is 0 Å². The summed E-state index contributed by atoms with van der Waals surface area (Å²) in [6.07, 6.45) is 6.32. The van der Waals surface area contributed by atoms with Crippen molar-refractivity contribution >= 4 is 0 Å². The van der Waals surface area contributed by atoms with Gasteiger partial charge in [0.05, 0.1) is 0 Å². The van der Waals surface area contributed by atoms with Crippen molar-refractivity contribution in [3.05, 3.63) is 34.9 Å². The van der Waals surface area contributed by atoms with Crippen LogP contribution in [0.4, 0.5) is 0 Å². The van der Waals surface area contributed by atoms with Crippen LogP contribution < -0.4 is 5.73 Å². The smallest absolute Gasteiger partial charge is 0.00514 e. The lowest BCUT2D eigenvalue weighted by atomic mass is 9.98. The first-order valence-electron chi connectivity index (χ1n) is 6.10. The number of rotatable bonds is 4. The van der Waals surface area contributed by atoms with Gasteiger partial charge in [0, 0.05) is 0 Å². The minimum atomic E-state index is 0.651. The first-order chi connectivity index (χ1) is 7.29. The zero-order chi connectivity index (χ0) is 10.7. The predicted molar refractivity (Wildman–Crippen MR) is 65.0 cm³/mol. The summed E-state index contributed by atoms with van der Waals surface area (Å²) in [7, 11) is 0. The Balaban J connectivity index is 1.98. The molecule has 82 valence electrons. The molecular weight excluding hydrogens is 182 g/mol. The summed E-state index contributed by atoms with van der Waals surface area (Å²) in [5, 5.41) is 0. The molecule has 15 heavy (non-hydrogen) atoms. The number of nitrogens with two attached hydrogens (primary N) is 1. The van der Waals surface area contributed by atoms with Gasteiger partial charge in [-0.05, 0) is 61.3 Å². The maximum Gasteiger partial charge on any atom is -0.00514 e. The van der Waals surface area contributed by atoms with Crippen molar-refractivity contribution in [3.8, 4) is 0 Å². The van der Waals surface area contributed by atoms with Gasteiger partial charge in [0.15, 0.2) is 0 Å². The Morgan fingerprint density at radius 1 is 1.27 bits per heavy atom. The molecule has 0 aromatic heterocycles. The van der Waals surface area contributed by atoms with E-state index < -0.39 is 0 Å². The lowest BCUT2D eigenvalue weighted by Crippen LogP contribution is -2.11. The molecule has 1 aliphatic rings. The normalized spacial score (nSPS) is 16.4. The lowest BCUT2D eigenvalue weighted by Gasteiger charge is -2.09. The minimum absolute atomic E-state index is 0.651. The molecule has 0 radical (unpaired) electrons. The third kappa shape index (κ3) is 2.60. The van der Waals surface area contributed by atoms with Crippen LogP contribution >= 0.6 is 0 Å². The van der Waals surface area contributed by atoms with Crippen molar-refractivity contribution in [1.29, 1.82) is 0 Å². The molecule has 0 fully saturated rings. The Bertz CT molecular complexity index is 330. The summed E-state index contributed by atoms with van der Waals surface area (Å²) in [4.78, 5) is 0. The second-order valence-corrected chi connectivity index (χ2v) is 4.84. The van der Waals surface area contributed by atoms with Crippen molar-refractivity contribution in [1.82, 2.24) is 0 Å². The van der Waals surface area contributed by atoms with Gasteiger partial charge in [-0.3, -0.25) is 0 Å². The van der Waals surface area contributed by atoms with E-state index >= 15 is 0 Å². The highest BCUT2D eigenvalue weighted by atomic mass is 14.5. The number of fused-ring (bicyclic) bond motifs is 1. The molecule has 1 aromatic carbocycles. The molecule has 2 rings (SSSR count). The standard InChI is InChI=1S/C14H21N/c1-11(10-15)5-6-12-7-8-13-3-2-4-14(13)9-12/h7-9,11H,2-6,10,15H2,1H3. The molecule has 0 saturated carbocycles. The predicted octanol–water partition coefficient (Wildman–Crippen LogP) is 2.70. The van der Waals surface area contributed by atoms with Crippen LogP contribution in [0.5, 0.6) is 0 Å². The molecule has 1 heteroatoms. The van der Waals surface area contributed by atoms with E-state index in [1.54, 1.807) is 11.1 Å². The molecular formula is C14H21N. The van der Waals surface area contributed by atoms with Crippen molar-refractivity contribution in [2.45, 2.75) is 39.0 Å². The molecule has 0 saturated heterocycles. The topological polar surface area (TPSA) is 26.0 Å². The Labute approximate surface area is 92.7 Å². The first-order valence-corrected chi connectivity index (χ1v) is 6.10. The molecule has 0 spiro atoms. The zero-order valence-electron chi connectivity index (χ0n) is 9.63. The van der Waals surface area contributed by atoms with E-state index in [0.29, 0.717) is 5.92 Å². The van der Waals surface area contributed by atoms with Crippen molar-refractivity contribution < 1.29 is 0 Å². The molecule has 1 nitrogen and oxygen atoms in total. The third-order valence-corrected chi connectivity index (χ3v) is 3.49. The molecule has 2 N–H and O–H groups in total. The molecule has 1 aliphatic carbocycles. The van der Waals surface area contributed by atoms with E-state index in [9.17, 15) is 0 Å². The maximum atomic E-state index is 5.63. The third-order valence-electron chi connectivity index (χ3n) is 3.49. The van der Waals surface area contributed by atoms with Gasteiger partial charge in [0.25, 0.3) is 0 Å². The van der Waals surface area contributed by atoms with E-state index in [2.05, 4.69) is 25.1 Å². The van der Waals surface area contributed by atoms with Gasteiger partial charge in [-0.1, -0.05) is 25.1 Å². The van der Waals surface area contributed by atoms with Crippen molar-refractivity contribution in [3.63, 3.8) is 0 Å². The van der Waals surface area contributed by atoms with E-state index in [1.807, 2.05) is 0 Å². The molecule has 1 aromatic rings. The summed E-state index contributed by atoms with van der Waals surface area (Å²) in [5.74, 6) is 0.651. The summed E-state index contributed by atoms with van der Waals surface area (Å²) >= 11 is 0. The van der Waals surface area contributed by atoms with Gasteiger partial charge in [0.2, 0.25) is 0 Å². The molecule has 1 unspecified atom stereocenters. The Kier molecular flexibility index (Phi) is 3.42. The van der Waals surface area contributed by atoms with E-state index in [4.69, 9.17) is 5.73 Å². The Morgan fingerprint density at radius 2 is 2.07 bits per heavy atom. The van der Waals surface area contributed by atoms with E-state index in [1.165, 1.54) is 37.7 Å². The Morgan fingerprint density at radius 3 is 2.87 bits per heavy atom. The number of benzene rings is 1. The summed E-state index contributed by atoms with van der Waals surface area (Å²) in [6, 6.07) is 7.03. The molecule has 0 amide bonds. The lowest BCUT2D eigenvalue weighted by molar-refractivity contribution is 0.544. The van der Waals surface area contributed by atoms with Crippen LogP contribution in [0.25, 0.3) is 0 Å². The van der Waals surface area contributed by atoms with Gasteiger partial charge in [-0.2, -0.15) is 0 Å². The number of hydrogen-bond donors (Lipinski definition) is 1. The van der Waals surface area contributed by atoms with Gasteiger partial charge < -0.3 is 5.73 Å². The highest BCUT2D eigenvalue weighted by molar-refractivity contribution is 5.35.